The number of amides is 1. The highest BCUT2D eigenvalue weighted by molar-refractivity contribution is 7.80. The molecule has 0 spiro atoms. The highest BCUT2D eigenvalue weighted by Crippen LogP contribution is 2.22. The quantitative estimate of drug-likeness (QED) is 0.299. The van der Waals surface area contributed by atoms with Crippen molar-refractivity contribution < 1.29 is 18.8 Å². The zero-order chi connectivity index (χ0) is 20.0. The lowest BCUT2D eigenvalue weighted by molar-refractivity contribution is -0.856. The molecule has 0 aliphatic rings. The molecule has 0 aliphatic carbocycles. The van der Waals surface area contributed by atoms with Crippen LogP contribution < -0.4 is 31.4 Å². The molecule has 0 bridgehead atoms. The average molecular weight is 393 g/mol. The van der Waals surface area contributed by atoms with Gasteiger partial charge in [-0.3, -0.25) is 15.6 Å². The van der Waals surface area contributed by atoms with Crippen molar-refractivity contribution in [1.29, 1.82) is 0 Å². The van der Waals surface area contributed by atoms with Crippen LogP contribution in [0, 0.1) is 6.92 Å². The second-order valence-corrected chi connectivity index (χ2v) is 6.90. The molecule has 0 fully saturated rings. The highest BCUT2D eigenvalue weighted by atomic mass is 32.1. The first-order chi connectivity index (χ1) is 12.8. The number of hydrogen-bond acceptors (Lipinski definition) is 5. The van der Waals surface area contributed by atoms with E-state index in [0.29, 0.717) is 23.0 Å². The Morgan fingerprint density at radius 2 is 2.04 bits per heavy atom. The topological polar surface area (TPSA) is 97.0 Å². The van der Waals surface area contributed by atoms with Crippen molar-refractivity contribution in [1.82, 2.24) is 16.2 Å². The van der Waals surface area contributed by atoms with Gasteiger partial charge in [-0.05, 0) is 43.8 Å². The van der Waals surface area contributed by atoms with Crippen molar-refractivity contribution in [3.63, 3.8) is 0 Å². The third-order valence-corrected chi connectivity index (χ3v) is 4.06. The highest BCUT2D eigenvalue weighted by Gasteiger charge is 2.15. The predicted octanol–water partition coefficient (Wildman–Crippen LogP) is -0.491. The van der Waals surface area contributed by atoms with Gasteiger partial charge in [0.1, 0.15) is 11.3 Å². The number of nitrogens with one attached hydrogen (secondary N) is 4. The number of ether oxygens (including phenoxy) is 1. The van der Waals surface area contributed by atoms with E-state index in [1.165, 1.54) is 11.0 Å². The van der Waals surface area contributed by atoms with Crippen molar-refractivity contribution in [2.75, 3.05) is 27.2 Å². The molecule has 1 atom stereocenters. The minimum Gasteiger partial charge on any atom is -0.481 e. The van der Waals surface area contributed by atoms with Crippen LogP contribution in [0.5, 0.6) is 5.75 Å². The van der Waals surface area contributed by atoms with Crippen LogP contribution in [-0.2, 0) is 4.79 Å². The number of quaternary nitrogens is 1. The van der Waals surface area contributed by atoms with Crippen molar-refractivity contribution in [3.05, 3.63) is 40.2 Å². The Hall–Kier alpha value is -2.65. The second kappa shape index (κ2) is 9.33. The van der Waals surface area contributed by atoms with E-state index in [-0.39, 0.29) is 5.91 Å². The molecular formula is C18H25N4O4S+. The van der Waals surface area contributed by atoms with Crippen LogP contribution in [0.2, 0.25) is 0 Å². The van der Waals surface area contributed by atoms with E-state index in [2.05, 4.69) is 16.2 Å². The van der Waals surface area contributed by atoms with Gasteiger partial charge in [0.05, 0.1) is 27.2 Å². The third-order valence-electron chi connectivity index (χ3n) is 3.81. The molecule has 0 saturated carbocycles. The van der Waals surface area contributed by atoms with Crippen LogP contribution in [0.15, 0.2) is 33.5 Å². The molecule has 1 aromatic carbocycles. The van der Waals surface area contributed by atoms with Gasteiger partial charge in [-0.2, -0.15) is 0 Å². The Labute approximate surface area is 162 Å². The third kappa shape index (κ3) is 6.22. The normalized spacial score (nSPS) is 11.9. The fourth-order valence-electron chi connectivity index (χ4n) is 2.33. The molecule has 2 aromatic rings. The van der Waals surface area contributed by atoms with Crippen LogP contribution >= 0.6 is 12.2 Å². The summed E-state index contributed by atoms with van der Waals surface area (Å²) in [5, 5.41) is 4.14. The van der Waals surface area contributed by atoms with Gasteiger partial charge >= 0.3 is 5.63 Å². The predicted molar refractivity (Wildman–Crippen MR) is 107 cm³/mol. The molecule has 27 heavy (non-hydrogen) atoms. The van der Waals surface area contributed by atoms with E-state index in [1.54, 1.807) is 25.1 Å². The van der Waals surface area contributed by atoms with Crippen LogP contribution in [0.1, 0.15) is 12.5 Å². The Kier molecular flexibility index (Phi) is 7.14. The molecular weight excluding hydrogens is 368 g/mol. The molecule has 1 heterocycles. The van der Waals surface area contributed by atoms with Crippen molar-refractivity contribution in [2.45, 2.75) is 20.0 Å². The Morgan fingerprint density at radius 3 is 2.74 bits per heavy atom. The van der Waals surface area contributed by atoms with E-state index >= 15 is 0 Å². The molecule has 8 nitrogen and oxygen atoms in total. The molecule has 2 rings (SSSR count). The molecule has 1 aromatic heterocycles. The van der Waals surface area contributed by atoms with Gasteiger partial charge in [0.2, 0.25) is 0 Å². The van der Waals surface area contributed by atoms with Crippen LogP contribution in [0.3, 0.4) is 0 Å². The monoisotopic (exact) mass is 393 g/mol. The summed E-state index contributed by atoms with van der Waals surface area (Å²) in [6.07, 6.45) is -0.777. The molecule has 146 valence electrons. The number of carbonyl (C=O) groups is 1. The van der Waals surface area contributed by atoms with Crippen molar-refractivity contribution in [2.24, 2.45) is 0 Å². The molecule has 9 heteroatoms. The van der Waals surface area contributed by atoms with E-state index in [1.807, 2.05) is 21.0 Å². The maximum Gasteiger partial charge on any atom is 0.336 e. The van der Waals surface area contributed by atoms with E-state index in [9.17, 15) is 9.59 Å². The maximum absolute atomic E-state index is 12.1. The zero-order valence-corrected chi connectivity index (χ0v) is 16.7. The number of likely N-dealkylation sites (N-methyl/N-ethyl adjacent to an activating group) is 1. The van der Waals surface area contributed by atoms with Crippen LogP contribution in [-0.4, -0.2) is 44.3 Å². The summed E-state index contributed by atoms with van der Waals surface area (Å²) in [5.41, 5.74) is 5.94. The summed E-state index contributed by atoms with van der Waals surface area (Å²) in [5.74, 6) is 0.0386. The number of fused-ring (bicyclic) bond motifs is 1. The molecule has 0 radical (unpaired) electrons. The smallest absolute Gasteiger partial charge is 0.336 e. The summed E-state index contributed by atoms with van der Waals surface area (Å²) in [7, 11) is 4.08. The lowest BCUT2D eigenvalue weighted by Crippen LogP contribution is -3.06. The molecule has 1 amide bonds. The van der Waals surface area contributed by atoms with Crippen LogP contribution in [0.4, 0.5) is 0 Å². The fraction of sp³-hybridized carbons (Fsp3) is 0.389. The molecule has 0 saturated heterocycles. The summed E-state index contributed by atoms with van der Waals surface area (Å²) in [6, 6.07) is 6.54. The van der Waals surface area contributed by atoms with Gasteiger partial charge in [0, 0.05) is 17.5 Å². The number of hydrazine groups is 1. The van der Waals surface area contributed by atoms with E-state index < -0.39 is 11.7 Å². The van der Waals surface area contributed by atoms with E-state index in [0.717, 1.165) is 17.5 Å². The Balaban J connectivity index is 1.89. The molecule has 0 aliphatic heterocycles. The number of rotatable bonds is 6. The second-order valence-electron chi connectivity index (χ2n) is 6.49. The summed E-state index contributed by atoms with van der Waals surface area (Å²) >= 11 is 5.09. The van der Waals surface area contributed by atoms with Gasteiger partial charge in [-0.1, -0.05) is 0 Å². The summed E-state index contributed by atoms with van der Waals surface area (Å²) < 4.78 is 10.8. The van der Waals surface area contributed by atoms with Gasteiger partial charge < -0.3 is 19.4 Å². The maximum atomic E-state index is 12.1. The first-order valence-corrected chi connectivity index (χ1v) is 9.01. The van der Waals surface area contributed by atoms with Gasteiger partial charge in [-0.25, -0.2) is 4.79 Å². The minimum atomic E-state index is -0.777. The van der Waals surface area contributed by atoms with Crippen molar-refractivity contribution >= 4 is 34.2 Å². The van der Waals surface area contributed by atoms with Gasteiger partial charge in [0.25, 0.3) is 5.91 Å². The first kappa shape index (κ1) is 20.7. The number of thiocarbonyl (C=S) groups is 1. The van der Waals surface area contributed by atoms with Gasteiger partial charge in [0.15, 0.2) is 11.2 Å². The minimum absolute atomic E-state index is 0.333. The summed E-state index contributed by atoms with van der Waals surface area (Å²) in [4.78, 5) is 24.9. The van der Waals surface area contributed by atoms with Crippen LogP contribution in [0.25, 0.3) is 11.0 Å². The molecule has 4 N–H and O–H groups in total. The first-order valence-electron chi connectivity index (χ1n) is 8.60. The van der Waals surface area contributed by atoms with Gasteiger partial charge in [-0.15, -0.1) is 0 Å². The lowest BCUT2D eigenvalue weighted by atomic mass is 10.1. The Morgan fingerprint density at radius 1 is 1.30 bits per heavy atom. The Bertz CT molecular complexity index is 881. The summed E-state index contributed by atoms with van der Waals surface area (Å²) in [6.45, 7) is 5.03. The average Bonchev–Trinajstić information content (AvgIpc) is 2.58. The van der Waals surface area contributed by atoms with Crippen molar-refractivity contribution in [3.8, 4) is 5.75 Å². The standard InChI is InChI=1S/C18H24N4O4S/c1-11-9-16(23)26-15-10-13(5-6-14(11)15)25-12(2)17(24)20-21-18(27)19-7-8-22(3)4/h5-6,9-10,12H,7-8H2,1-4H3,(H,20,24)(H2,19,21,27)/p+1/t12-/m1/s1. The number of benzene rings is 1. The lowest BCUT2D eigenvalue weighted by Gasteiger charge is -2.17. The molecule has 0 unspecified atom stereocenters. The van der Waals surface area contributed by atoms with E-state index in [4.69, 9.17) is 21.4 Å². The fourth-order valence-corrected chi connectivity index (χ4v) is 2.48. The largest absolute Gasteiger partial charge is 0.481 e. The SMILES string of the molecule is Cc1cc(=O)oc2cc(O[C@H](C)C(=O)NNC(=S)NCC[NH+](C)C)ccc12. The zero-order valence-electron chi connectivity index (χ0n) is 15.8. The number of aryl methyl sites for hydroxylation is 1. The number of carbonyl (C=O) groups excluding carboxylic acids is 1. The number of hydrogen-bond donors (Lipinski definition) is 4.